The number of aryl methyl sites for hydroxylation is 1. The second-order valence-electron chi connectivity index (χ2n) is 6.68. The quantitative estimate of drug-likeness (QED) is 0.661. The van der Waals surface area contributed by atoms with Crippen LogP contribution in [0.1, 0.15) is 29.3 Å². The molecule has 4 rings (SSSR count). The molecule has 1 amide bonds. The van der Waals surface area contributed by atoms with E-state index >= 15 is 0 Å². The van der Waals surface area contributed by atoms with Crippen LogP contribution in [0.4, 0.5) is 5.69 Å². The maximum absolute atomic E-state index is 12.5. The molecule has 1 aliphatic rings. The van der Waals surface area contributed by atoms with Crippen molar-refractivity contribution < 1.29 is 4.79 Å². The summed E-state index contributed by atoms with van der Waals surface area (Å²) in [6.45, 7) is 2.42. The van der Waals surface area contributed by atoms with Crippen LogP contribution >= 0.6 is 0 Å². The number of nitrogens with two attached hydrogens (primary N) is 1. The number of carbonyl (C=O) groups excluding carboxylic acids is 1. The molecule has 3 aromatic rings. The third-order valence-corrected chi connectivity index (χ3v) is 4.85. The highest BCUT2D eigenvalue weighted by Crippen LogP contribution is 2.48. The van der Waals surface area contributed by atoms with Crippen LogP contribution in [0.15, 0.2) is 48.5 Å². The number of hydrogen-bond acceptors (Lipinski definition) is 4. The van der Waals surface area contributed by atoms with E-state index in [0.717, 1.165) is 17.7 Å². The molecule has 1 fully saturated rings. The number of rotatable bonds is 5. The molecule has 2 aromatic carbocycles. The summed E-state index contributed by atoms with van der Waals surface area (Å²) in [5, 5.41) is 9.94. The molecule has 1 aromatic heterocycles. The molecule has 1 heterocycles. The summed E-state index contributed by atoms with van der Waals surface area (Å²) < 4.78 is 0. The van der Waals surface area contributed by atoms with Gasteiger partial charge in [-0.05, 0) is 54.7 Å². The Morgan fingerprint density at radius 3 is 2.69 bits per heavy atom. The minimum Gasteiger partial charge on any atom is -0.326 e. The number of nitrogens with zero attached hydrogens (tertiary/aromatic N) is 2. The minimum absolute atomic E-state index is 0.0518. The number of aromatic nitrogens is 3. The maximum Gasteiger partial charge on any atom is 0.228 e. The lowest BCUT2D eigenvalue weighted by atomic mass is 10.0. The molecule has 6 nitrogen and oxygen atoms in total. The van der Waals surface area contributed by atoms with Gasteiger partial charge in [0.1, 0.15) is 5.82 Å². The highest BCUT2D eigenvalue weighted by molar-refractivity contribution is 5.95. The molecule has 0 saturated heterocycles. The Hall–Kier alpha value is -2.99. The predicted octanol–water partition coefficient (Wildman–Crippen LogP) is 2.98. The molecule has 1 saturated carbocycles. The summed E-state index contributed by atoms with van der Waals surface area (Å²) in [7, 11) is 0. The molecule has 0 radical (unpaired) electrons. The molecule has 6 heteroatoms. The van der Waals surface area contributed by atoms with E-state index in [-0.39, 0.29) is 11.8 Å². The Balaban J connectivity index is 1.40. The first-order valence-electron chi connectivity index (χ1n) is 8.74. The number of nitrogens with one attached hydrogen (secondary N) is 2. The largest absolute Gasteiger partial charge is 0.326 e. The molecular formula is C20H21N5O. The number of amides is 1. The average Bonchev–Trinajstić information content (AvgIpc) is 3.31. The second-order valence-corrected chi connectivity index (χ2v) is 6.68. The number of anilines is 1. The smallest absolute Gasteiger partial charge is 0.228 e. The third kappa shape index (κ3) is 3.23. The van der Waals surface area contributed by atoms with Gasteiger partial charge < -0.3 is 11.1 Å². The topological polar surface area (TPSA) is 96.7 Å². The van der Waals surface area contributed by atoms with Crippen molar-refractivity contribution in [3.05, 3.63) is 65.5 Å². The lowest BCUT2D eigenvalue weighted by molar-refractivity contribution is -0.117. The van der Waals surface area contributed by atoms with Gasteiger partial charge in [0.15, 0.2) is 5.82 Å². The van der Waals surface area contributed by atoms with Gasteiger partial charge in [-0.3, -0.25) is 9.89 Å². The molecule has 132 valence electrons. The lowest BCUT2D eigenvalue weighted by Gasteiger charge is -2.07. The predicted molar refractivity (Wildman–Crippen MR) is 100 cm³/mol. The Labute approximate surface area is 151 Å². The lowest BCUT2D eigenvalue weighted by Crippen LogP contribution is -2.14. The zero-order chi connectivity index (χ0) is 18.1. The fraction of sp³-hybridized carbons (Fsp3) is 0.250. The Kier molecular flexibility index (Phi) is 4.26. The molecular weight excluding hydrogens is 326 g/mol. The molecule has 0 aliphatic heterocycles. The summed E-state index contributed by atoms with van der Waals surface area (Å²) in [5.74, 6) is 1.71. The molecule has 1 aliphatic carbocycles. The fourth-order valence-electron chi connectivity index (χ4n) is 3.28. The Morgan fingerprint density at radius 2 is 2.00 bits per heavy atom. The van der Waals surface area contributed by atoms with Crippen molar-refractivity contribution in [2.75, 3.05) is 5.32 Å². The van der Waals surface area contributed by atoms with Crippen LogP contribution in [-0.4, -0.2) is 21.1 Å². The van der Waals surface area contributed by atoms with Gasteiger partial charge in [-0.25, -0.2) is 4.98 Å². The van der Waals surface area contributed by atoms with Crippen LogP contribution < -0.4 is 11.1 Å². The number of carbonyl (C=O) groups is 1. The minimum atomic E-state index is 0.0518. The van der Waals surface area contributed by atoms with E-state index in [1.54, 1.807) is 0 Å². The maximum atomic E-state index is 12.5. The SMILES string of the molecule is Cc1ccccc1C1CC1C(=O)Nc1ccc(-c2n[nH]c(CN)n2)cc1. The molecule has 0 spiro atoms. The summed E-state index contributed by atoms with van der Waals surface area (Å²) in [6, 6.07) is 15.8. The molecule has 0 bridgehead atoms. The van der Waals surface area contributed by atoms with Crippen LogP contribution in [0, 0.1) is 12.8 Å². The van der Waals surface area contributed by atoms with E-state index in [4.69, 9.17) is 5.73 Å². The fourth-order valence-corrected chi connectivity index (χ4v) is 3.28. The summed E-state index contributed by atoms with van der Waals surface area (Å²) in [6.07, 6.45) is 0.911. The van der Waals surface area contributed by atoms with E-state index in [0.29, 0.717) is 24.1 Å². The molecule has 26 heavy (non-hydrogen) atoms. The Bertz CT molecular complexity index is 931. The summed E-state index contributed by atoms with van der Waals surface area (Å²) in [4.78, 5) is 16.8. The number of hydrogen-bond donors (Lipinski definition) is 3. The highest BCUT2D eigenvalue weighted by Gasteiger charge is 2.44. The van der Waals surface area contributed by atoms with E-state index in [9.17, 15) is 4.79 Å². The highest BCUT2D eigenvalue weighted by atomic mass is 16.2. The van der Waals surface area contributed by atoms with Crippen molar-refractivity contribution in [1.82, 2.24) is 15.2 Å². The van der Waals surface area contributed by atoms with Crippen LogP contribution in [0.25, 0.3) is 11.4 Å². The van der Waals surface area contributed by atoms with Gasteiger partial charge in [-0.2, -0.15) is 5.10 Å². The summed E-state index contributed by atoms with van der Waals surface area (Å²) in [5.41, 5.74) is 9.73. The van der Waals surface area contributed by atoms with E-state index in [2.05, 4.69) is 39.6 Å². The normalized spacial score (nSPS) is 18.5. The van der Waals surface area contributed by atoms with Crippen LogP contribution in [-0.2, 0) is 11.3 Å². The second kappa shape index (κ2) is 6.72. The first-order chi connectivity index (χ1) is 12.7. The van der Waals surface area contributed by atoms with Gasteiger partial charge in [0.2, 0.25) is 5.91 Å². The van der Waals surface area contributed by atoms with Gasteiger partial charge in [0, 0.05) is 17.2 Å². The number of benzene rings is 2. The molecule has 2 atom stereocenters. The summed E-state index contributed by atoms with van der Waals surface area (Å²) >= 11 is 0. The average molecular weight is 347 g/mol. The van der Waals surface area contributed by atoms with Crippen LogP contribution in [0.5, 0.6) is 0 Å². The number of aromatic amines is 1. The monoisotopic (exact) mass is 347 g/mol. The molecule has 4 N–H and O–H groups in total. The third-order valence-electron chi connectivity index (χ3n) is 4.85. The standard InChI is InChI=1S/C20H21N5O/c1-12-4-2-3-5-15(12)16-10-17(16)20(26)22-14-8-6-13(7-9-14)19-23-18(11-21)24-25-19/h2-9,16-17H,10-11,21H2,1H3,(H,22,26)(H,23,24,25). The van der Waals surface area contributed by atoms with Crippen molar-refractivity contribution in [3.8, 4) is 11.4 Å². The van der Waals surface area contributed by atoms with Crippen LogP contribution in [0.2, 0.25) is 0 Å². The van der Waals surface area contributed by atoms with E-state index in [1.165, 1.54) is 11.1 Å². The van der Waals surface area contributed by atoms with E-state index in [1.807, 2.05) is 36.4 Å². The van der Waals surface area contributed by atoms with Crippen molar-refractivity contribution in [2.24, 2.45) is 11.7 Å². The van der Waals surface area contributed by atoms with Gasteiger partial charge in [0.05, 0.1) is 6.54 Å². The van der Waals surface area contributed by atoms with E-state index < -0.39 is 0 Å². The number of H-pyrrole nitrogens is 1. The molecule has 2 unspecified atom stereocenters. The van der Waals surface area contributed by atoms with Gasteiger partial charge in [-0.15, -0.1) is 0 Å². The van der Waals surface area contributed by atoms with Crippen molar-refractivity contribution >= 4 is 11.6 Å². The van der Waals surface area contributed by atoms with Crippen molar-refractivity contribution in [1.29, 1.82) is 0 Å². The first kappa shape index (κ1) is 16.5. The Morgan fingerprint density at radius 1 is 1.23 bits per heavy atom. The first-order valence-corrected chi connectivity index (χ1v) is 8.74. The van der Waals surface area contributed by atoms with Crippen molar-refractivity contribution in [3.63, 3.8) is 0 Å². The van der Waals surface area contributed by atoms with Crippen LogP contribution in [0.3, 0.4) is 0 Å². The van der Waals surface area contributed by atoms with Gasteiger partial charge >= 0.3 is 0 Å². The van der Waals surface area contributed by atoms with Crippen molar-refractivity contribution in [2.45, 2.75) is 25.8 Å². The van der Waals surface area contributed by atoms with Gasteiger partial charge in [0.25, 0.3) is 0 Å². The van der Waals surface area contributed by atoms with Gasteiger partial charge in [-0.1, -0.05) is 24.3 Å². The zero-order valence-corrected chi connectivity index (χ0v) is 14.6. The zero-order valence-electron chi connectivity index (χ0n) is 14.6.